The number of amides is 1. The Morgan fingerprint density at radius 2 is 2.07 bits per heavy atom. The van der Waals surface area contributed by atoms with Crippen LogP contribution < -0.4 is 5.32 Å². The molecule has 14 heavy (non-hydrogen) atoms. The van der Waals surface area contributed by atoms with Crippen LogP contribution in [0.1, 0.15) is 20.3 Å². The molecule has 0 aliphatic heterocycles. The average Bonchev–Trinajstić information content (AvgIpc) is 2.21. The highest BCUT2D eigenvalue weighted by molar-refractivity contribution is 5.77. The Bertz CT molecular complexity index is 151. The standard InChI is InChI=1S/C10H22N2O2/c1-4-7-14-8-6-11-9-10(13)12(3)5-2/h11H,4-9H2,1-3H3. The number of rotatable bonds is 8. The summed E-state index contributed by atoms with van der Waals surface area (Å²) in [7, 11) is 1.80. The Morgan fingerprint density at radius 1 is 1.36 bits per heavy atom. The average molecular weight is 202 g/mol. The van der Waals surface area contributed by atoms with Gasteiger partial charge in [0.2, 0.25) is 5.91 Å². The van der Waals surface area contributed by atoms with Gasteiger partial charge in [-0.1, -0.05) is 6.92 Å². The maximum Gasteiger partial charge on any atom is 0.236 e. The lowest BCUT2D eigenvalue weighted by atomic mass is 10.5. The zero-order valence-corrected chi connectivity index (χ0v) is 9.51. The second-order valence-electron chi connectivity index (χ2n) is 3.20. The predicted molar refractivity (Wildman–Crippen MR) is 57.3 cm³/mol. The van der Waals surface area contributed by atoms with Crippen LogP contribution in [-0.2, 0) is 9.53 Å². The second kappa shape index (κ2) is 8.97. The number of likely N-dealkylation sites (N-methyl/N-ethyl adjacent to an activating group) is 1. The summed E-state index contributed by atoms with van der Waals surface area (Å²) in [5.41, 5.74) is 0. The smallest absolute Gasteiger partial charge is 0.236 e. The molecule has 4 heteroatoms. The maximum atomic E-state index is 11.3. The monoisotopic (exact) mass is 202 g/mol. The van der Waals surface area contributed by atoms with Crippen molar-refractivity contribution in [1.29, 1.82) is 0 Å². The van der Waals surface area contributed by atoms with Gasteiger partial charge in [-0.05, 0) is 13.3 Å². The fourth-order valence-corrected chi connectivity index (χ4v) is 0.897. The van der Waals surface area contributed by atoms with Gasteiger partial charge in [-0.2, -0.15) is 0 Å². The summed E-state index contributed by atoms with van der Waals surface area (Å²) >= 11 is 0. The van der Waals surface area contributed by atoms with Crippen molar-refractivity contribution in [2.45, 2.75) is 20.3 Å². The van der Waals surface area contributed by atoms with Crippen LogP contribution >= 0.6 is 0 Å². The minimum atomic E-state index is 0.128. The summed E-state index contributed by atoms with van der Waals surface area (Å²) in [5.74, 6) is 0.128. The van der Waals surface area contributed by atoms with E-state index in [1.54, 1.807) is 11.9 Å². The van der Waals surface area contributed by atoms with Crippen LogP contribution in [0.4, 0.5) is 0 Å². The van der Waals surface area contributed by atoms with Crippen LogP contribution in [0.15, 0.2) is 0 Å². The molecule has 0 radical (unpaired) electrons. The molecule has 0 aromatic heterocycles. The maximum absolute atomic E-state index is 11.3. The Kier molecular flexibility index (Phi) is 8.57. The van der Waals surface area contributed by atoms with Gasteiger partial charge in [0.25, 0.3) is 0 Å². The third-order valence-corrected chi connectivity index (χ3v) is 1.95. The molecule has 0 unspecified atom stereocenters. The second-order valence-corrected chi connectivity index (χ2v) is 3.20. The van der Waals surface area contributed by atoms with Gasteiger partial charge >= 0.3 is 0 Å². The number of nitrogens with zero attached hydrogens (tertiary/aromatic N) is 1. The number of hydrogen-bond acceptors (Lipinski definition) is 3. The largest absolute Gasteiger partial charge is 0.380 e. The van der Waals surface area contributed by atoms with E-state index in [2.05, 4.69) is 12.2 Å². The van der Waals surface area contributed by atoms with Gasteiger partial charge in [-0.15, -0.1) is 0 Å². The van der Waals surface area contributed by atoms with E-state index < -0.39 is 0 Å². The first-order valence-electron chi connectivity index (χ1n) is 5.24. The third kappa shape index (κ3) is 6.86. The fraction of sp³-hybridized carbons (Fsp3) is 0.900. The zero-order chi connectivity index (χ0) is 10.8. The SMILES string of the molecule is CCCOCCNCC(=O)N(C)CC. The van der Waals surface area contributed by atoms with Crippen LogP contribution in [0.3, 0.4) is 0 Å². The Balaban J connectivity index is 3.23. The first-order chi connectivity index (χ1) is 6.72. The van der Waals surface area contributed by atoms with Gasteiger partial charge in [0.1, 0.15) is 0 Å². The van der Waals surface area contributed by atoms with Gasteiger partial charge in [-0.3, -0.25) is 4.79 Å². The van der Waals surface area contributed by atoms with Gasteiger partial charge in [0, 0.05) is 26.7 Å². The van der Waals surface area contributed by atoms with Crippen LogP contribution in [0, 0.1) is 0 Å². The van der Waals surface area contributed by atoms with E-state index >= 15 is 0 Å². The molecule has 84 valence electrons. The molecule has 0 aromatic rings. The van der Waals surface area contributed by atoms with Crippen LogP contribution in [0.5, 0.6) is 0 Å². The summed E-state index contributed by atoms with van der Waals surface area (Å²) in [6, 6.07) is 0. The lowest BCUT2D eigenvalue weighted by Gasteiger charge is -2.14. The molecule has 0 rings (SSSR count). The highest BCUT2D eigenvalue weighted by atomic mass is 16.5. The van der Waals surface area contributed by atoms with E-state index in [0.717, 1.165) is 26.1 Å². The lowest BCUT2D eigenvalue weighted by Crippen LogP contribution is -2.36. The Morgan fingerprint density at radius 3 is 2.64 bits per heavy atom. The molecule has 0 aromatic carbocycles. The molecule has 0 bridgehead atoms. The summed E-state index contributed by atoms with van der Waals surface area (Å²) < 4.78 is 5.26. The number of hydrogen-bond donors (Lipinski definition) is 1. The van der Waals surface area contributed by atoms with Gasteiger partial charge in [0.05, 0.1) is 13.2 Å². The van der Waals surface area contributed by atoms with Crippen molar-refractivity contribution in [3.8, 4) is 0 Å². The van der Waals surface area contributed by atoms with Gasteiger partial charge in [0.15, 0.2) is 0 Å². The van der Waals surface area contributed by atoms with Gasteiger partial charge in [-0.25, -0.2) is 0 Å². The minimum absolute atomic E-state index is 0.128. The van der Waals surface area contributed by atoms with Crippen LogP contribution in [0.25, 0.3) is 0 Å². The quantitative estimate of drug-likeness (QED) is 0.582. The first-order valence-corrected chi connectivity index (χ1v) is 5.24. The molecule has 4 nitrogen and oxygen atoms in total. The van der Waals surface area contributed by atoms with Crippen molar-refractivity contribution < 1.29 is 9.53 Å². The molecule has 0 saturated carbocycles. The minimum Gasteiger partial charge on any atom is -0.380 e. The zero-order valence-electron chi connectivity index (χ0n) is 9.51. The Labute approximate surface area is 86.6 Å². The van der Waals surface area contributed by atoms with E-state index in [1.807, 2.05) is 6.92 Å². The van der Waals surface area contributed by atoms with Crippen molar-refractivity contribution in [3.63, 3.8) is 0 Å². The number of ether oxygens (including phenoxy) is 1. The van der Waals surface area contributed by atoms with E-state index in [0.29, 0.717) is 13.2 Å². The van der Waals surface area contributed by atoms with Crippen molar-refractivity contribution in [2.24, 2.45) is 0 Å². The first kappa shape index (κ1) is 13.4. The summed E-state index contributed by atoms with van der Waals surface area (Å²) in [5, 5.41) is 3.04. The number of carbonyl (C=O) groups excluding carboxylic acids is 1. The van der Waals surface area contributed by atoms with E-state index in [9.17, 15) is 4.79 Å². The topological polar surface area (TPSA) is 41.6 Å². The molecule has 1 N–H and O–H groups in total. The third-order valence-electron chi connectivity index (χ3n) is 1.95. The van der Waals surface area contributed by atoms with Crippen LogP contribution in [0.2, 0.25) is 0 Å². The molecule has 0 fully saturated rings. The molecule has 0 saturated heterocycles. The molecule has 0 aliphatic carbocycles. The lowest BCUT2D eigenvalue weighted by molar-refractivity contribution is -0.128. The van der Waals surface area contributed by atoms with E-state index in [4.69, 9.17) is 4.74 Å². The van der Waals surface area contributed by atoms with E-state index in [-0.39, 0.29) is 5.91 Å². The van der Waals surface area contributed by atoms with Crippen molar-refractivity contribution >= 4 is 5.91 Å². The van der Waals surface area contributed by atoms with Crippen molar-refractivity contribution in [1.82, 2.24) is 10.2 Å². The summed E-state index contributed by atoms with van der Waals surface area (Å²) in [6.07, 6.45) is 1.04. The number of carbonyl (C=O) groups is 1. The van der Waals surface area contributed by atoms with Crippen molar-refractivity contribution in [2.75, 3.05) is 39.9 Å². The van der Waals surface area contributed by atoms with Crippen molar-refractivity contribution in [3.05, 3.63) is 0 Å². The van der Waals surface area contributed by atoms with E-state index in [1.165, 1.54) is 0 Å². The molecular formula is C10H22N2O2. The fourth-order valence-electron chi connectivity index (χ4n) is 0.897. The normalized spacial score (nSPS) is 10.2. The highest BCUT2D eigenvalue weighted by Crippen LogP contribution is 1.82. The molecule has 0 aliphatic rings. The molecule has 0 heterocycles. The van der Waals surface area contributed by atoms with Gasteiger partial charge < -0.3 is 15.0 Å². The van der Waals surface area contributed by atoms with Crippen LogP contribution in [-0.4, -0.2) is 50.7 Å². The summed E-state index contributed by atoms with van der Waals surface area (Å²) in [4.78, 5) is 13.0. The highest BCUT2D eigenvalue weighted by Gasteiger charge is 2.04. The molecule has 1 amide bonds. The molecule has 0 atom stereocenters. The predicted octanol–water partition coefficient (Wildman–Crippen LogP) is 0.481. The molecular weight excluding hydrogens is 180 g/mol. The molecule has 0 spiro atoms. The summed E-state index contributed by atoms with van der Waals surface area (Å²) in [6.45, 7) is 7.41. The number of nitrogens with one attached hydrogen (secondary N) is 1. The Hall–Kier alpha value is -0.610.